The van der Waals surface area contributed by atoms with Gasteiger partial charge in [-0.1, -0.05) is 24.3 Å². The Morgan fingerprint density at radius 3 is 2.95 bits per heavy atom. The van der Waals surface area contributed by atoms with Crippen molar-refractivity contribution in [2.24, 2.45) is 0 Å². The molecule has 0 spiro atoms. The third-order valence-corrected chi connectivity index (χ3v) is 4.12. The highest BCUT2D eigenvalue weighted by molar-refractivity contribution is 5.61. The number of anilines is 1. The van der Waals surface area contributed by atoms with Crippen LogP contribution in [0.1, 0.15) is 22.3 Å². The van der Waals surface area contributed by atoms with E-state index in [1.54, 1.807) is 6.07 Å². The number of nitrogens with one attached hydrogen (secondary N) is 2. The fourth-order valence-electron chi connectivity index (χ4n) is 2.94. The van der Waals surface area contributed by atoms with Gasteiger partial charge in [-0.05, 0) is 60.7 Å². The minimum absolute atomic E-state index is 0.157. The minimum atomic E-state index is -0.157. The fourth-order valence-corrected chi connectivity index (χ4v) is 2.94. The molecule has 2 nitrogen and oxygen atoms in total. The number of halogens is 1. The van der Waals surface area contributed by atoms with Gasteiger partial charge in [0.15, 0.2) is 0 Å². The van der Waals surface area contributed by atoms with Crippen LogP contribution < -0.4 is 10.6 Å². The van der Waals surface area contributed by atoms with Gasteiger partial charge >= 0.3 is 0 Å². The number of hydrogen-bond acceptors (Lipinski definition) is 2. The molecular weight excluding hydrogens is 263 g/mol. The van der Waals surface area contributed by atoms with E-state index in [0.717, 1.165) is 38.0 Å². The molecule has 2 aromatic carbocycles. The van der Waals surface area contributed by atoms with E-state index < -0.39 is 0 Å². The second kappa shape index (κ2) is 6.27. The molecule has 0 saturated heterocycles. The lowest BCUT2D eigenvalue weighted by Crippen LogP contribution is -2.17. The molecule has 0 atom stereocenters. The van der Waals surface area contributed by atoms with E-state index >= 15 is 0 Å². The van der Waals surface area contributed by atoms with Crippen LogP contribution in [0.5, 0.6) is 0 Å². The molecule has 2 N–H and O–H groups in total. The SMILES string of the molecule is Cc1cc(F)ccc1CCNCc1cccc2c1NCC2. The van der Waals surface area contributed by atoms with Crippen molar-refractivity contribution in [2.45, 2.75) is 26.3 Å². The Bertz CT molecular complexity index is 637. The fraction of sp³-hybridized carbons (Fsp3) is 0.333. The summed E-state index contributed by atoms with van der Waals surface area (Å²) in [6.07, 6.45) is 2.05. The standard InChI is InChI=1S/C18H21FN2/c1-13-11-17(19)6-5-14(13)7-9-20-12-16-4-2-3-15-8-10-21-18(15)16/h2-6,11,20-21H,7-10,12H2,1H3. The van der Waals surface area contributed by atoms with Gasteiger partial charge in [-0.25, -0.2) is 4.39 Å². The van der Waals surface area contributed by atoms with Crippen molar-refractivity contribution in [2.75, 3.05) is 18.4 Å². The van der Waals surface area contributed by atoms with Crippen LogP contribution in [0.25, 0.3) is 0 Å². The first-order chi connectivity index (χ1) is 10.2. The molecule has 0 aliphatic carbocycles. The molecule has 3 heteroatoms. The first-order valence-electron chi connectivity index (χ1n) is 7.54. The van der Waals surface area contributed by atoms with Gasteiger partial charge in [-0.2, -0.15) is 0 Å². The average molecular weight is 284 g/mol. The van der Waals surface area contributed by atoms with E-state index in [0.29, 0.717) is 0 Å². The van der Waals surface area contributed by atoms with E-state index in [2.05, 4.69) is 28.8 Å². The van der Waals surface area contributed by atoms with Gasteiger partial charge in [0.25, 0.3) is 0 Å². The Kier molecular flexibility index (Phi) is 4.20. The number of aryl methyl sites for hydroxylation is 1. The Morgan fingerprint density at radius 1 is 1.19 bits per heavy atom. The van der Waals surface area contributed by atoms with Crippen molar-refractivity contribution < 1.29 is 4.39 Å². The highest BCUT2D eigenvalue weighted by atomic mass is 19.1. The van der Waals surface area contributed by atoms with E-state index in [1.165, 1.54) is 28.4 Å². The van der Waals surface area contributed by atoms with Gasteiger partial charge in [-0.3, -0.25) is 0 Å². The minimum Gasteiger partial charge on any atom is -0.384 e. The van der Waals surface area contributed by atoms with Crippen LogP contribution in [0, 0.1) is 12.7 Å². The molecule has 0 aromatic heterocycles. The van der Waals surface area contributed by atoms with Gasteiger partial charge in [0.1, 0.15) is 5.82 Å². The zero-order valence-corrected chi connectivity index (χ0v) is 12.4. The first-order valence-corrected chi connectivity index (χ1v) is 7.54. The summed E-state index contributed by atoms with van der Waals surface area (Å²) in [5, 5.41) is 6.95. The normalized spacial score (nSPS) is 13.0. The van der Waals surface area contributed by atoms with Crippen LogP contribution in [0.3, 0.4) is 0 Å². The quantitative estimate of drug-likeness (QED) is 0.822. The summed E-state index contributed by atoms with van der Waals surface area (Å²) in [5.74, 6) is -0.157. The van der Waals surface area contributed by atoms with E-state index in [-0.39, 0.29) is 5.82 Å². The third kappa shape index (κ3) is 3.24. The summed E-state index contributed by atoms with van der Waals surface area (Å²) in [4.78, 5) is 0. The Hall–Kier alpha value is -1.87. The summed E-state index contributed by atoms with van der Waals surface area (Å²) >= 11 is 0. The van der Waals surface area contributed by atoms with E-state index in [9.17, 15) is 4.39 Å². The average Bonchev–Trinajstić information content (AvgIpc) is 2.94. The van der Waals surface area contributed by atoms with Crippen molar-refractivity contribution in [3.8, 4) is 0 Å². The van der Waals surface area contributed by atoms with Crippen molar-refractivity contribution >= 4 is 5.69 Å². The second-order valence-electron chi connectivity index (χ2n) is 5.63. The van der Waals surface area contributed by atoms with Crippen LogP contribution in [0.15, 0.2) is 36.4 Å². The van der Waals surface area contributed by atoms with Crippen LogP contribution in [0.4, 0.5) is 10.1 Å². The molecule has 3 rings (SSSR count). The zero-order valence-electron chi connectivity index (χ0n) is 12.4. The second-order valence-corrected chi connectivity index (χ2v) is 5.63. The Labute approximate surface area is 125 Å². The smallest absolute Gasteiger partial charge is 0.123 e. The van der Waals surface area contributed by atoms with E-state index in [1.807, 2.05) is 13.0 Å². The van der Waals surface area contributed by atoms with Gasteiger partial charge in [-0.15, -0.1) is 0 Å². The summed E-state index contributed by atoms with van der Waals surface area (Å²) in [6.45, 7) is 4.78. The lowest BCUT2D eigenvalue weighted by molar-refractivity contribution is 0.624. The number of fused-ring (bicyclic) bond motifs is 1. The number of rotatable bonds is 5. The van der Waals surface area contributed by atoms with Crippen LogP contribution in [-0.4, -0.2) is 13.1 Å². The molecule has 0 radical (unpaired) electrons. The zero-order chi connectivity index (χ0) is 14.7. The molecule has 110 valence electrons. The maximum atomic E-state index is 13.1. The van der Waals surface area contributed by atoms with Crippen LogP contribution in [0.2, 0.25) is 0 Å². The third-order valence-electron chi connectivity index (χ3n) is 4.12. The predicted molar refractivity (Wildman–Crippen MR) is 85.2 cm³/mol. The van der Waals surface area contributed by atoms with Gasteiger partial charge in [0.2, 0.25) is 0 Å². The molecule has 0 unspecified atom stereocenters. The molecule has 2 aromatic rings. The monoisotopic (exact) mass is 284 g/mol. The summed E-state index contributed by atoms with van der Waals surface area (Å²) in [5.41, 5.74) is 6.30. The van der Waals surface area contributed by atoms with Crippen LogP contribution in [-0.2, 0) is 19.4 Å². The molecular formula is C18H21FN2. The van der Waals surface area contributed by atoms with Gasteiger partial charge in [0.05, 0.1) is 0 Å². The summed E-state index contributed by atoms with van der Waals surface area (Å²) < 4.78 is 13.1. The molecule has 0 amide bonds. The molecule has 0 bridgehead atoms. The summed E-state index contributed by atoms with van der Waals surface area (Å²) in [7, 11) is 0. The molecule has 1 aliphatic rings. The van der Waals surface area contributed by atoms with Crippen molar-refractivity contribution in [3.63, 3.8) is 0 Å². The number of hydrogen-bond donors (Lipinski definition) is 2. The van der Waals surface area contributed by atoms with Crippen molar-refractivity contribution in [1.82, 2.24) is 5.32 Å². The molecule has 21 heavy (non-hydrogen) atoms. The topological polar surface area (TPSA) is 24.1 Å². The lowest BCUT2D eigenvalue weighted by atomic mass is 10.1. The van der Waals surface area contributed by atoms with Crippen molar-refractivity contribution in [1.29, 1.82) is 0 Å². The lowest BCUT2D eigenvalue weighted by Gasteiger charge is -2.11. The van der Waals surface area contributed by atoms with Crippen LogP contribution >= 0.6 is 0 Å². The largest absolute Gasteiger partial charge is 0.384 e. The molecule has 1 heterocycles. The maximum absolute atomic E-state index is 13.1. The summed E-state index contributed by atoms with van der Waals surface area (Å²) in [6, 6.07) is 11.5. The molecule has 0 saturated carbocycles. The predicted octanol–water partition coefficient (Wildman–Crippen LogP) is 3.43. The Morgan fingerprint density at radius 2 is 2.10 bits per heavy atom. The van der Waals surface area contributed by atoms with Crippen molar-refractivity contribution in [3.05, 3.63) is 64.5 Å². The number of benzene rings is 2. The first kappa shape index (κ1) is 14.1. The highest BCUT2D eigenvalue weighted by Gasteiger charge is 2.12. The molecule has 1 aliphatic heterocycles. The number of para-hydroxylation sites is 1. The molecule has 0 fully saturated rings. The Balaban J connectivity index is 1.54. The highest BCUT2D eigenvalue weighted by Crippen LogP contribution is 2.26. The maximum Gasteiger partial charge on any atom is 0.123 e. The van der Waals surface area contributed by atoms with Gasteiger partial charge < -0.3 is 10.6 Å². The van der Waals surface area contributed by atoms with Gasteiger partial charge in [0, 0.05) is 18.8 Å². The van der Waals surface area contributed by atoms with E-state index in [4.69, 9.17) is 0 Å².